The minimum atomic E-state index is 0.908. The number of pyridine rings is 4. The van der Waals surface area contributed by atoms with Gasteiger partial charge in [-0.15, -0.1) is 0 Å². The highest BCUT2D eigenvalue weighted by atomic mass is 14.7. The molecule has 0 bridgehead atoms. The first-order chi connectivity index (χ1) is 26.8. The Morgan fingerprint density at radius 3 is 0.889 bits per heavy atom. The third-order valence-electron chi connectivity index (χ3n) is 10.1. The van der Waals surface area contributed by atoms with Crippen molar-refractivity contribution >= 4 is 43.6 Å². The Morgan fingerprint density at radius 1 is 0.259 bits per heavy atom. The summed E-state index contributed by atoms with van der Waals surface area (Å²) in [7, 11) is 0. The van der Waals surface area contributed by atoms with E-state index in [0.29, 0.717) is 0 Å². The van der Waals surface area contributed by atoms with E-state index in [4.69, 9.17) is 19.9 Å². The SMILES string of the molecule is C(#Cc1ccc(-c2cccc3cccnc23)c(-c2cccc3cccnc23)c1)c1ccc(-c2cccc3cccnc23)c(-c2cccc3cccnc23)c1. The molecule has 0 saturated carbocycles. The second kappa shape index (κ2) is 13.2. The van der Waals surface area contributed by atoms with Crippen molar-refractivity contribution in [2.24, 2.45) is 0 Å². The van der Waals surface area contributed by atoms with Gasteiger partial charge in [0, 0.05) is 79.7 Å². The van der Waals surface area contributed by atoms with Crippen LogP contribution in [0.1, 0.15) is 11.1 Å². The molecule has 0 atom stereocenters. The highest BCUT2D eigenvalue weighted by Gasteiger charge is 2.17. The summed E-state index contributed by atoms with van der Waals surface area (Å²) in [4.78, 5) is 19.3. The Morgan fingerprint density at radius 2 is 0.556 bits per heavy atom. The average molecular weight is 687 g/mol. The number of rotatable bonds is 4. The van der Waals surface area contributed by atoms with Gasteiger partial charge in [0.05, 0.1) is 22.1 Å². The first-order valence-electron chi connectivity index (χ1n) is 18.0. The number of nitrogens with zero attached hydrogens (tertiary/aromatic N) is 4. The summed E-state index contributed by atoms with van der Waals surface area (Å²) in [6.07, 6.45) is 7.43. The molecule has 0 unspecified atom stereocenters. The lowest BCUT2D eigenvalue weighted by molar-refractivity contribution is 1.40. The van der Waals surface area contributed by atoms with Gasteiger partial charge in [-0.25, -0.2) is 0 Å². The zero-order valence-electron chi connectivity index (χ0n) is 29.1. The van der Waals surface area contributed by atoms with Crippen LogP contribution in [0, 0.1) is 11.8 Å². The van der Waals surface area contributed by atoms with Crippen LogP contribution in [-0.2, 0) is 0 Å². The molecule has 0 aliphatic heterocycles. The first kappa shape index (κ1) is 31.3. The van der Waals surface area contributed by atoms with Crippen molar-refractivity contribution in [2.75, 3.05) is 0 Å². The fourth-order valence-corrected chi connectivity index (χ4v) is 7.59. The van der Waals surface area contributed by atoms with Gasteiger partial charge in [0.15, 0.2) is 0 Å². The maximum absolute atomic E-state index is 4.83. The van der Waals surface area contributed by atoms with Gasteiger partial charge < -0.3 is 0 Å². The lowest BCUT2D eigenvalue weighted by Gasteiger charge is -2.15. The molecule has 10 rings (SSSR count). The third kappa shape index (κ3) is 5.53. The number of fused-ring (bicyclic) bond motifs is 4. The molecule has 6 aromatic carbocycles. The van der Waals surface area contributed by atoms with E-state index in [0.717, 1.165) is 99.2 Å². The fraction of sp³-hybridized carbons (Fsp3) is 0. The van der Waals surface area contributed by atoms with Gasteiger partial charge in [0.2, 0.25) is 0 Å². The molecule has 4 heteroatoms. The van der Waals surface area contributed by atoms with Gasteiger partial charge in [0.25, 0.3) is 0 Å². The Balaban J connectivity index is 1.15. The molecular formula is C50H30N4. The molecule has 0 spiro atoms. The highest BCUT2D eigenvalue weighted by Crippen LogP contribution is 2.40. The minimum absolute atomic E-state index is 0.908. The van der Waals surface area contributed by atoms with E-state index < -0.39 is 0 Å². The van der Waals surface area contributed by atoms with Crippen LogP contribution >= 0.6 is 0 Å². The quantitative estimate of drug-likeness (QED) is 0.173. The summed E-state index contributed by atoms with van der Waals surface area (Å²) in [6.45, 7) is 0. The van der Waals surface area contributed by atoms with Crippen LogP contribution < -0.4 is 0 Å². The van der Waals surface area contributed by atoms with Gasteiger partial charge in [-0.05, 0) is 70.8 Å². The van der Waals surface area contributed by atoms with Crippen LogP contribution in [-0.4, -0.2) is 19.9 Å². The maximum Gasteiger partial charge on any atom is 0.0780 e. The van der Waals surface area contributed by atoms with Crippen LogP contribution in [0.15, 0.2) is 183 Å². The average Bonchev–Trinajstić information content (AvgIpc) is 3.25. The first-order valence-corrected chi connectivity index (χ1v) is 18.0. The summed E-state index contributed by atoms with van der Waals surface area (Å²) >= 11 is 0. The Labute approximate surface area is 312 Å². The third-order valence-corrected chi connectivity index (χ3v) is 10.1. The minimum Gasteiger partial charge on any atom is -0.256 e. The van der Waals surface area contributed by atoms with Crippen LogP contribution in [0.3, 0.4) is 0 Å². The van der Waals surface area contributed by atoms with Crippen LogP contribution in [0.2, 0.25) is 0 Å². The number of aromatic nitrogens is 4. The summed E-state index contributed by atoms with van der Waals surface area (Å²) < 4.78 is 0. The van der Waals surface area contributed by atoms with Crippen molar-refractivity contribution in [2.45, 2.75) is 0 Å². The number of benzene rings is 6. The van der Waals surface area contributed by atoms with Gasteiger partial charge in [-0.3, -0.25) is 19.9 Å². The molecule has 10 aromatic rings. The Hall–Kier alpha value is -7.48. The summed E-state index contributed by atoms with van der Waals surface area (Å²) in [5, 5.41) is 4.37. The topological polar surface area (TPSA) is 51.6 Å². The molecule has 0 saturated heterocycles. The molecule has 4 aromatic heterocycles. The second-order valence-electron chi connectivity index (χ2n) is 13.3. The van der Waals surface area contributed by atoms with Crippen molar-refractivity contribution < 1.29 is 0 Å². The van der Waals surface area contributed by atoms with Gasteiger partial charge in [0.1, 0.15) is 0 Å². The van der Waals surface area contributed by atoms with Crippen LogP contribution in [0.5, 0.6) is 0 Å². The standard InChI is InChI=1S/C50H30N4/c1-9-35-13-5-27-51-47(35)41(17-1)39-25-23-33(31-45(39)43-19-3-11-37-15-7-29-53-49(37)43)21-22-34-24-26-40(42-18-2-10-36-14-6-28-52-48(36)42)46(32-34)44-20-4-12-38-16-8-30-54-50(38)44/h1-20,23-32H. The van der Waals surface area contributed by atoms with E-state index in [1.165, 1.54) is 0 Å². The molecule has 4 heterocycles. The Bertz CT molecular complexity index is 2900. The van der Waals surface area contributed by atoms with Crippen LogP contribution in [0.4, 0.5) is 0 Å². The summed E-state index contributed by atoms with van der Waals surface area (Å²) in [5.74, 6) is 7.05. The van der Waals surface area contributed by atoms with Crippen molar-refractivity contribution in [1.29, 1.82) is 0 Å². The fourth-order valence-electron chi connectivity index (χ4n) is 7.59. The zero-order chi connectivity index (χ0) is 35.8. The monoisotopic (exact) mass is 686 g/mol. The summed E-state index contributed by atoms with van der Waals surface area (Å²) in [5.41, 5.74) is 14.2. The molecule has 0 aliphatic rings. The van der Waals surface area contributed by atoms with E-state index in [2.05, 4.69) is 145 Å². The molecule has 0 amide bonds. The molecule has 0 N–H and O–H groups in total. The lowest BCUT2D eigenvalue weighted by atomic mass is 9.90. The number of hydrogen-bond acceptors (Lipinski definition) is 4. The van der Waals surface area contributed by atoms with Crippen molar-refractivity contribution in [3.05, 3.63) is 194 Å². The van der Waals surface area contributed by atoms with Gasteiger partial charge >= 0.3 is 0 Å². The second-order valence-corrected chi connectivity index (χ2v) is 13.3. The highest BCUT2D eigenvalue weighted by molar-refractivity contribution is 6.04. The van der Waals surface area contributed by atoms with E-state index >= 15 is 0 Å². The van der Waals surface area contributed by atoms with E-state index in [1.807, 2.05) is 49.1 Å². The molecule has 0 radical (unpaired) electrons. The lowest BCUT2D eigenvalue weighted by Crippen LogP contribution is -1.93. The van der Waals surface area contributed by atoms with E-state index in [9.17, 15) is 0 Å². The van der Waals surface area contributed by atoms with Crippen molar-refractivity contribution in [3.8, 4) is 56.3 Å². The molecule has 54 heavy (non-hydrogen) atoms. The largest absolute Gasteiger partial charge is 0.256 e. The van der Waals surface area contributed by atoms with Crippen LogP contribution in [0.25, 0.3) is 88.1 Å². The Kier molecular flexibility index (Phi) is 7.67. The number of hydrogen-bond donors (Lipinski definition) is 0. The molecule has 250 valence electrons. The van der Waals surface area contributed by atoms with Gasteiger partial charge in [-0.2, -0.15) is 0 Å². The van der Waals surface area contributed by atoms with E-state index in [-0.39, 0.29) is 0 Å². The molecular weight excluding hydrogens is 657 g/mol. The smallest absolute Gasteiger partial charge is 0.0780 e. The predicted molar refractivity (Wildman–Crippen MR) is 222 cm³/mol. The van der Waals surface area contributed by atoms with Crippen molar-refractivity contribution in [1.82, 2.24) is 19.9 Å². The van der Waals surface area contributed by atoms with Gasteiger partial charge in [-0.1, -0.05) is 121 Å². The maximum atomic E-state index is 4.83. The number of para-hydroxylation sites is 4. The molecule has 0 fully saturated rings. The normalized spacial score (nSPS) is 11.2. The summed E-state index contributed by atoms with van der Waals surface area (Å²) in [6, 6.07) is 54.7. The zero-order valence-corrected chi connectivity index (χ0v) is 29.1. The van der Waals surface area contributed by atoms with E-state index in [1.54, 1.807) is 0 Å². The van der Waals surface area contributed by atoms with Crippen molar-refractivity contribution in [3.63, 3.8) is 0 Å². The molecule has 4 nitrogen and oxygen atoms in total. The predicted octanol–water partition coefficient (Wildman–Crippen LogP) is 11.9. The molecule has 0 aliphatic carbocycles.